The maximum atomic E-state index is 4.72. The van der Waals surface area contributed by atoms with Gasteiger partial charge in [0.05, 0.1) is 6.54 Å². The number of nitrogens with zero attached hydrogens (tertiary/aromatic N) is 2. The van der Waals surface area contributed by atoms with E-state index in [0.29, 0.717) is 0 Å². The third-order valence-corrected chi connectivity index (χ3v) is 5.12. The van der Waals surface area contributed by atoms with E-state index in [2.05, 4.69) is 49.5 Å². The highest BCUT2D eigenvalue weighted by molar-refractivity contribution is 14.0. The normalized spacial score (nSPS) is 20.2. The van der Waals surface area contributed by atoms with Gasteiger partial charge in [-0.3, -0.25) is 4.99 Å². The quantitative estimate of drug-likeness (QED) is 0.372. The fourth-order valence-electron chi connectivity index (χ4n) is 2.28. The summed E-state index contributed by atoms with van der Waals surface area (Å²) in [6.45, 7) is 15.3. The van der Waals surface area contributed by atoms with Crippen LogP contribution in [0.25, 0.3) is 0 Å². The molecule has 1 aliphatic heterocycles. The zero-order valence-electron chi connectivity index (χ0n) is 14.2. The summed E-state index contributed by atoms with van der Waals surface area (Å²) in [6.07, 6.45) is 3.45. The lowest BCUT2D eigenvalue weighted by Gasteiger charge is -2.21. The average Bonchev–Trinajstić information content (AvgIpc) is 2.90. The Bertz CT molecular complexity index is 310. The van der Waals surface area contributed by atoms with Crippen molar-refractivity contribution in [1.82, 2.24) is 15.5 Å². The topological polar surface area (TPSA) is 39.7 Å². The first-order valence-corrected chi connectivity index (χ1v) is 9.03. The van der Waals surface area contributed by atoms with Crippen LogP contribution in [0.5, 0.6) is 0 Å². The lowest BCUT2D eigenvalue weighted by Crippen LogP contribution is -2.41. The third-order valence-electron chi connectivity index (χ3n) is 3.89. The number of thioether (sulfide) groups is 1. The Labute approximate surface area is 152 Å². The number of aliphatic imine (C=N–C) groups is 1. The number of halogens is 1. The molecule has 0 aromatic carbocycles. The van der Waals surface area contributed by atoms with Crippen LogP contribution in [0.3, 0.4) is 0 Å². The van der Waals surface area contributed by atoms with Crippen molar-refractivity contribution in [3.63, 3.8) is 0 Å². The SMILES string of the molecule is CCNC(=NCC(C)(C)SC)NCC1CCN(CC)C1.I. The Morgan fingerprint density at radius 3 is 2.57 bits per heavy atom. The smallest absolute Gasteiger partial charge is 0.191 e. The van der Waals surface area contributed by atoms with Gasteiger partial charge in [-0.25, -0.2) is 0 Å². The van der Waals surface area contributed by atoms with Crippen LogP contribution in [-0.4, -0.2) is 61.1 Å². The van der Waals surface area contributed by atoms with Crippen molar-refractivity contribution >= 4 is 41.7 Å². The molecule has 0 radical (unpaired) electrons. The van der Waals surface area contributed by atoms with Gasteiger partial charge in [-0.15, -0.1) is 24.0 Å². The molecule has 1 unspecified atom stereocenters. The minimum absolute atomic E-state index is 0. The van der Waals surface area contributed by atoms with Crippen molar-refractivity contribution in [2.75, 3.05) is 45.5 Å². The molecule has 1 rings (SSSR count). The predicted octanol–water partition coefficient (Wildman–Crippen LogP) is 2.64. The number of hydrogen-bond donors (Lipinski definition) is 2. The van der Waals surface area contributed by atoms with Gasteiger partial charge in [0.2, 0.25) is 0 Å². The summed E-state index contributed by atoms with van der Waals surface area (Å²) in [6, 6.07) is 0. The van der Waals surface area contributed by atoms with Gasteiger partial charge >= 0.3 is 0 Å². The second-order valence-corrected chi connectivity index (χ2v) is 7.60. The summed E-state index contributed by atoms with van der Waals surface area (Å²) in [4.78, 5) is 7.24. The van der Waals surface area contributed by atoms with E-state index in [1.54, 1.807) is 0 Å². The van der Waals surface area contributed by atoms with E-state index in [4.69, 9.17) is 4.99 Å². The maximum Gasteiger partial charge on any atom is 0.191 e. The molecular formula is C15H33IN4S. The highest BCUT2D eigenvalue weighted by Gasteiger charge is 2.21. The van der Waals surface area contributed by atoms with Crippen molar-refractivity contribution in [1.29, 1.82) is 0 Å². The largest absolute Gasteiger partial charge is 0.357 e. The van der Waals surface area contributed by atoms with Gasteiger partial charge in [-0.05, 0) is 52.5 Å². The molecule has 0 spiro atoms. The lowest BCUT2D eigenvalue weighted by atomic mass is 10.1. The van der Waals surface area contributed by atoms with Gasteiger partial charge in [-0.1, -0.05) is 6.92 Å². The molecule has 1 saturated heterocycles. The highest BCUT2D eigenvalue weighted by atomic mass is 127. The molecule has 4 nitrogen and oxygen atoms in total. The molecule has 6 heteroatoms. The molecule has 21 heavy (non-hydrogen) atoms. The Morgan fingerprint density at radius 1 is 1.33 bits per heavy atom. The minimum Gasteiger partial charge on any atom is -0.357 e. The predicted molar refractivity (Wildman–Crippen MR) is 107 cm³/mol. The Balaban J connectivity index is 0.00000400. The first-order valence-electron chi connectivity index (χ1n) is 7.80. The first-order chi connectivity index (χ1) is 9.50. The fourth-order valence-corrected chi connectivity index (χ4v) is 2.48. The molecule has 0 aromatic heterocycles. The molecule has 2 N–H and O–H groups in total. The van der Waals surface area contributed by atoms with E-state index in [1.165, 1.54) is 26.1 Å². The van der Waals surface area contributed by atoms with E-state index in [1.807, 2.05) is 11.8 Å². The van der Waals surface area contributed by atoms with Crippen LogP contribution in [-0.2, 0) is 0 Å². The van der Waals surface area contributed by atoms with Gasteiger partial charge in [-0.2, -0.15) is 11.8 Å². The van der Waals surface area contributed by atoms with Gasteiger partial charge in [0.25, 0.3) is 0 Å². The molecule has 0 aromatic rings. The van der Waals surface area contributed by atoms with Crippen molar-refractivity contribution in [3.05, 3.63) is 0 Å². The molecule has 0 bridgehead atoms. The molecule has 1 atom stereocenters. The van der Waals surface area contributed by atoms with Crippen LogP contribution in [0.4, 0.5) is 0 Å². The van der Waals surface area contributed by atoms with E-state index >= 15 is 0 Å². The fraction of sp³-hybridized carbons (Fsp3) is 0.933. The molecule has 0 saturated carbocycles. The molecule has 1 heterocycles. The van der Waals surface area contributed by atoms with Gasteiger partial charge in [0, 0.05) is 24.4 Å². The first kappa shape index (κ1) is 21.3. The summed E-state index contributed by atoms with van der Waals surface area (Å²) >= 11 is 1.86. The highest BCUT2D eigenvalue weighted by Crippen LogP contribution is 2.21. The average molecular weight is 428 g/mol. The van der Waals surface area contributed by atoms with Crippen molar-refractivity contribution < 1.29 is 0 Å². The van der Waals surface area contributed by atoms with Crippen molar-refractivity contribution in [2.45, 2.75) is 38.9 Å². The molecule has 126 valence electrons. The van der Waals surface area contributed by atoms with Crippen LogP contribution < -0.4 is 10.6 Å². The zero-order chi connectivity index (χ0) is 15.0. The summed E-state index contributed by atoms with van der Waals surface area (Å²) in [5.74, 6) is 1.72. The van der Waals surface area contributed by atoms with E-state index < -0.39 is 0 Å². The number of likely N-dealkylation sites (tertiary alicyclic amines) is 1. The summed E-state index contributed by atoms with van der Waals surface area (Å²) in [7, 11) is 0. The summed E-state index contributed by atoms with van der Waals surface area (Å²) in [5.41, 5.74) is 0. The monoisotopic (exact) mass is 428 g/mol. The van der Waals surface area contributed by atoms with Crippen LogP contribution in [0.15, 0.2) is 4.99 Å². The van der Waals surface area contributed by atoms with Crippen LogP contribution in [0, 0.1) is 5.92 Å². The standard InChI is InChI=1S/C15H32N4S.HI/c1-6-16-14(18-12-15(3,4)20-5)17-10-13-8-9-19(7-2)11-13;/h13H,6-12H2,1-5H3,(H2,16,17,18);1H. The summed E-state index contributed by atoms with van der Waals surface area (Å²) in [5, 5.41) is 6.85. The Hall–Kier alpha value is 0.310. The molecule has 1 fully saturated rings. The van der Waals surface area contributed by atoms with Crippen molar-refractivity contribution in [3.8, 4) is 0 Å². The van der Waals surface area contributed by atoms with Crippen LogP contribution in [0.1, 0.15) is 34.1 Å². The lowest BCUT2D eigenvalue weighted by molar-refractivity contribution is 0.342. The molecule has 0 aliphatic carbocycles. The van der Waals surface area contributed by atoms with Gasteiger partial charge in [0.15, 0.2) is 5.96 Å². The number of nitrogens with one attached hydrogen (secondary N) is 2. The molecule has 0 amide bonds. The van der Waals surface area contributed by atoms with E-state index in [9.17, 15) is 0 Å². The van der Waals surface area contributed by atoms with E-state index in [0.717, 1.165) is 31.5 Å². The summed E-state index contributed by atoms with van der Waals surface area (Å²) < 4.78 is 0.203. The number of rotatable bonds is 7. The Kier molecular flexibility index (Phi) is 11.1. The zero-order valence-corrected chi connectivity index (χ0v) is 17.4. The number of guanidine groups is 1. The number of hydrogen-bond acceptors (Lipinski definition) is 3. The molecule has 1 aliphatic rings. The van der Waals surface area contributed by atoms with Gasteiger partial charge in [0.1, 0.15) is 0 Å². The van der Waals surface area contributed by atoms with Crippen LogP contribution >= 0.6 is 35.7 Å². The third kappa shape index (κ3) is 8.50. The van der Waals surface area contributed by atoms with E-state index in [-0.39, 0.29) is 28.7 Å². The maximum absolute atomic E-state index is 4.72. The van der Waals surface area contributed by atoms with Crippen LogP contribution in [0.2, 0.25) is 0 Å². The second-order valence-electron chi connectivity index (χ2n) is 6.09. The van der Waals surface area contributed by atoms with Crippen molar-refractivity contribution in [2.24, 2.45) is 10.9 Å². The Morgan fingerprint density at radius 2 is 2.05 bits per heavy atom. The second kappa shape index (κ2) is 10.9. The molecular weight excluding hydrogens is 395 g/mol. The minimum atomic E-state index is 0. The van der Waals surface area contributed by atoms with Gasteiger partial charge < -0.3 is 15.5 Å².